The third-order valence-electron chi connectivity index (χ3n) is 5.68. The Kier molecular flexibility index (Phi) is 8.08. The SMILES string of the molecule is CC1CCCN(c2cc(Oc3ccccc3)nc(NC(=S)NCCN3CCOCC3)n2)C1. The van der Waals surface area contributed by atoms with Crippen molar-refractivity contribution in [2.45, 2.75) is 19.8 Å². The van der Waals surface area contributed by atoms with E-state index >= 15 is 0 Å². The van der Waals surface area contributed by atoms with E-state index < -0.39 is 0 Å². The molecule has 2 aliphatic rings. The molecule has 1 aromatic heterocycles. The minimum atomic E-state index is 0.440. The van der Waals surface area contributed by atoms with Gasteiger partial charge in [-0.05, 0) is 43.1 Å². The topological polar surface area (TPSA) is 74.8 Å². The van der Waals surface area contributed by atoms with E-state index in [1.165, 1.54) is 6.42 Å². The maximum atomic E-state index is 6.02. The van der Waals surface area contributed by atoms with Gasteiger partial charge in [-0.3, -0.25) is 4.90 Å². The van der Waals surface area contributed by atoms with Crippen molar-refractivity contribution in [2.75, 3.05) is 62.7 Å². The molecule has 0 radical (unpaired) electrons. The number of morpholine rings is 1. The lowest BCUT2D eigenvalue weighted by atomic mass is 10.0. The molecule has 0 amide bonds. The van der Waals surface area contributed by atoms with Crippen molar-refractivity contribution in [3.63, 3.8) is 0 Å². The van der Waals surface area contributed by atoms with E-state index in [4.69, 9.17) is 26.7 Å². The summed E-state index contributed by atoms with van der Waals surface area (Å²) in [6.07, 6.45) is 2.40. The van der Waals surface area contributed by atoms with Crippen LogP contribution in [0, 0.1) is 5.92 Å². The number of para-hydroxylation sites is 1. The second-order valence-corrected chi connectivity index (χ2v) is 8.74. The van der Waals surface area contributed by atoms with Crippen molar-refractivity contribution in [1.82, 2.24) is 20.2 Å². The first kappa shape index (κ1) is 22.7. The number of thiocarbonyl (C=S) groups is 1. The van der Waals surface area contributed by atoms with E-state index in [0.717, 1.165) is 70.5 Å². The average Bonchev–Trinajstić information content (AvgIpc) is 2.80. The number of ether oxygens (including phenoxy) is 2. The van der Waals surface area contributed by atoms with E-state index in [9.17, 15) is 0 Å². The number of benzene rings is 1. The minimum Gasteiger partial charge on any atom is -0.439 e. The second-order valence-electron chi connectivity index (χ2n) is 8.33. The van der Waals surface area contributed by atoms with Crippen molar-refractivity contribution in [1.29, 1.82) is 0 Å². The van der Waals surface area contributed by atoms with Gasteiger partial charge in [-0.15, -0.1) is 0 Å². The number of rotatable bonds is 7. The Balaban J connectivity index is 1.42. The molecule has 2 fully saturated rings. The van der Waals surface area contributed by atoms with Gasteiger partial charge in [0, 0.05) is 45.3 Å². The summed E-state index contributed by atoms with van der Waals surface area (Å²) in [6, 6.07) is 11.6. The molecule has 3 heterocycles. The van der Waals surface area contributed by atoms with Crippen LogP contribution in [0.25, 0.3) is 0 Å². The van der Waals surface area contributed by atoms with Gasteiger partial charge in [0.2, 0.25) is 11.8 Å². The molecule has 8 nitrogen and oxygen atoms in total. The summed E-state index contributed by atoms with van der Waals surface area (Å²) >= 11 is 5.49. The van der Waals surface area contributed by atoms with E-state index in [1.54, 1.807) is 0 Å². The molecule has 1 aromatic carbocycles. The van der Waals surface area contributed by atoms with Gasteiger partial charge in [0.25, 0.3) is 0 Å². The van der Waals surface area contributed by atoms with Gasteiger partial charge < -0.3 is 25.0 Å². The highest BCUT2D eigenvalue weighted by Gasteiger charge is 2.20. The molecular weight excluding hydrogens is 424 g/mol. The van der Waals surface area contributed by atoms with Crippen LogP contribution in [0.3, 0.4) is 0 Å². The molecule has 2 saturated heterocycles. The Morgan fingerprint density at radius 3 is 2.78 bits per heavy atom. The van der Waals surface area contributed by atoms with Crippen molar-refractivity contribution < 1.29 is 9.47 Å². The second kappa shape index (κ2) is 11.4. The maximum absolute atomic E-state index is 6.02. The van der Waals surface area contributed by atoms with Gasteiger partial charge in [0.1, 0.15) is 11.6 Å². The fraction of sp³-hybridized carbons (Fsp3) is 0.522. The Labute approximate surface area is 195 Å². The third-order valence-corrected chi connectivity index (χ3v) is 5.92. The summed E-state index contributed by atoms with van der Waals surface area (Å²) in [7, 11) is 0. The molecule has 2 aliphatic heterocycles. The monoisotopic (exact) mass is 456 g/mol. The van der Waals surface area contributed by atoms with Crippen molar-refractivity contribution in [3.05, 3.63) is 36.4 Å². The highest BCUT2D eigenvalue weighted by Crippen LogP contribution is 2.27. The Hall–Kier alpha value is -2.49. The fourth-order valence-electron chi connectivity index (χ4n) is 3.99. The van der Waals surface area contributed by atoms with Crippen molar-refractivity contribution in [2.24, 2.45) is 5.92 Å². The quantitative estimate of drug-likeness (QED) is 0.611. The highest BCUT2D eigenvalue weighted by atomic mass is 32.1. The molecule has 4 rings (SSSR count). The molecule has 0 spiro atoms. The van der Waals surface area contributed by atoms with Gasteiger partial charge in [-0.25, -0.2) is 0 Å². The molecule has 0 bridgehead atoms. The van der Waals surface area contributed by atoms with E-state index in [-0.39, 0.29) is 0 Å². The van der Waals surface area contributed by atoms with Crippen LogP contribution >= 0.6 is 12.2 Å². The predicted octanol–water partition coefficient (Wildman–Crippen LogP) is 3.12. The first-order valence-corrected chi connectivity index (χ1v) is 11.8. The van der Waals surface area contributed by atoms with Gasteiger partial charge in [0.05, 0.1) is 13.2 Å². The lowest BCUT2D eigenvalue weighted by Crippen LogP contribution is -2.42. The molecular formula is C23H32N6O2S. The number of nitrogens with zero attached hydrogens (tertiary/aromatic N) is 4. The normalized spacial score (nSPS) is 19.4. The zero-order valence-corrected chi connectivity index (χ0v) is 19.4. The van der Waals surface area contributed by atoms with Gasteiger partial charge in [-0.1, -0.05) is 25.1 Å². The number of piperidine rings is 1. The number of hydrogen-bond donors (Lipinski definition) is 2. The van der Waals surface area contributed by atoms with E-state index in [0.29, 0.717) is 22.9 Å². The maximum Gasteiger partial charge on any atom is 0.234 e. The molecule has 9 heteroatoms. The van der Waals surface area contributed by atoms with Crippen LogP contribution in [0.2, 0.25) is 0 Å². The average molecular weight is 457 g/mol. The van der Waals surface area contributed by atoms with Crippen molar-refractivity contribution in [3.8, 4) is 11.6 Å². The molecule has 0 aliphatic carbocycles. The van der Waals surface area contributed by atoms with Crippen molar-refractivity contribution >= 4 is 29.1 Å². The van der Waals surface area contributed by atoms with Crippen LogP contribution in [0.1, 0.15) is 19.8 Å². The van der Waals surface area contributed by atoms with E-state index in [1.807, 2.05) is 36.4 Å². The molecule has 1 unspecified atom stereocenters. The van der Waals surface area contributed by atoms with Crippen LogP contribution < -0.4 is 20.3 Å². The number of aromatic nitrogens is 2. The Morgan fingerprint density at radius 2 is 2.00 bits per heavy atom. The van der Waals surface area contributed by atoms with Crippen LogP contribution in [-0.4, -0.2) is 72.5 Å². The smallest absolute Gasteiger partial charge is 0.234 e. The Bertz CT molecular complexity index is 878. The lowest BCUT2D eigenvalue weighted by molar-refractivity contribution is 0.0389. The number of hydrogen-bond acceptors (Lipinski definition) is 7. The number of anilines is 2. The molecule has 32 heavy (non-hydrogen) atoms. The highest BCUT2D eigenvalue weighted by molar-refractivity contribution is 7.80. The lowest BCUT2D eigenvalue weighted by Gasteiger charge is -2.32. The summed E-state index contributed by atoms with van der Waals surface area (Å²) < 4.78 is 11.4. The summed E-state index contributed by atoms with van der Waals surface area (Å²) in [5, 5.41) is 6.91. The summed E-state index contributed by atoms with van der Waals surface area (Å²) in [5.74, 6) is 3.17. The molecule has 172 valence electrons. The fourth-order valence-corrected chi connectivity index (χ4v) is 4.18. The molecule has 2 aromatic rings. The first-order chi connectivity index (χ1) is 15.7. The first-order valence-electron chi connectivity index (χ1n) is 11.4. The van der Waals surface area contributed by atoms with Gasteiger partial charge >= 0.3 is 0 Å². The zero-order valence-electron chi connectivity index (χ0n) is 18.6. The number of nitrogens with one attached hydrogen (secondary N) is 2. The summed E-state index contributed by atoms with van der Waals surface area (Å²) in [4.78, 5) is 14.0. The van der Waals surface area contributed by atoms with Crippen LogP contribution in [0.15, 0.2) is 36.4 Å². The summed E-state index contributed by atoms with van der Waals surface area (Å²) in [6.45, 7) is 9.41. The molecule has 1 atom stereocenters. The largest absolute Gasteiger partial charge is 0.439 e. The third kappa shape index (κ3) is 6.75. The van der Waals surface area contributed by atoms with Crippen LogP contribution in [0.4, 0.5) is 11.8 Å². The minimum absolute atomic E-state index is 0.440. The Morgan fingerprint density at radius 1 is 1.19 bits per heavy atom. The standard InChI is InChI=1S/C23H32N6O2S/c1-18-6-5-10-29(17-18)20-16-21(31-19-7-3-2-4-8-19)26-22(25-20)27-23(32)24-9-11-28-12-14-30-15-13-28/h2-4,7-8,16,18H,5-6,9-15,17H2,1H3,(H2,24,25,26,27,32). The molecule has 0 saturated carbocycles. The van der Waals surface area contributed by atoms with Gasteiger partial charge in [-0.2, -0.15) is 9.97 Å². The zero-order chi connectivity index (χ0) is 22.2. The predicted molar refractivity (Wildman–Crippen MR) is 131 cm³/mol. The van der Waals surface area contributed by atoms with Crippen LogP contribution in [-0.2, 0) is 4.74 Å². The van der Waals surface area contributed by atoms with E-state index in [2.05, 4.69) is 32.3 Å². The van der Waals surface area contributed by atoms with Gasteiger partial charge in [0.15, 0.2) is 5.11 Å². The van der Waals surface area contributed by atoms with Crippen LogP contribution in [0.5, 0.6) is 11.6 Å². The molecule has 2 N–H and O–H groups in total. The summed E-state index contributed by atoms with van der Waals surface area (Å²) in [5.41, 5.74) is 0.